The fourth-order valence-corrected chi connectivity index (χ4v) is 2.42. The van der Waals surface area contributed by atoms with Crippen molar-refractivity contribution in [2.24, 2.45) is 11.5 Å². The lowest BCUT2D eigenvalue weighted by atomic mass is 10.3. The Kier molecular flexibility index (Phi) is 11.5. The number of urea groups is 2. The molecule has 1 aliphatic rings. The fourth-order valence-electron chi connectivity index (χ4n) is 1.91. The van der Waals surface area contributed by atoms with Gasteiger partial charge in [0.15, 0.2) is 0 Å². The van der Waals surface area contributed by atoms with E-state index >= 15 is 0 Å². The van der Waals surface area contributed by atoms with E-state index in [1.165, 1.54) is 18.2 Å². The summed E-state index contributed by atoms with van der Waals surface area (Å²) >= 11 is 17.9. The number of nitrogens with two attached hydrogens (primary N) is 2. The van der Waals surface area contributed by atoms with E-state index in [2.05, 4.69) is 42.0 Å². The van der Waals surface area contributed by atoms with E-state index < -0.39 is 28.4 Å². The number of carbonyl (C=O) groups excluding carboxylic acids is 5. The molecule has 29 heavy (non-hydrogen) atoms. The third kappa shape index (κ3) is 10.3. The Morgan fingerprint density at radius 3 is 1.83 bits per heavy atom. The van der Waals surface area contributed by atoms with Crippen molar-refractivity contribution in [3.05, 3.63) is 28.2 Å². The molecule has 0 unspecified atom stereocenters. The number of amides is 7. The maximum absolute atomic E-state index is 12.2. The zero-order chi connectivity index (χ0) is 22.9. The second kappa shape index (κ2) is 12.4. The normalized spacial score (nSPS) is 12.7. The van der Waals surface area contributed by atoms with Crippen LogP contribution in [0.2, 0.25) is 10.0 Å². The highest BCUT2D eigenvalue weighted by atomic mass is 35.5. The summed E-state index contributed by atoms with van der Waals surface area (Å²) in [7, 11) is 0. The molecule has 2 rings (SSSR count). The predicted molar refractivity (Wildman–Crippen MR) is 117 cm³/mol. The minimum Gasteiger partial charge on any atom is -0.361 e. The molecule has 10 nitrogen and oxygen atoms in total. The molecule has 1 aliphatic heterocycles. The average molecular weight is 484 g/mol. The molecule has 0 aliphatic carbocycles. The Hall–Kier alpha value is -2.15. The minimum absolute atomic E-state index is 0.143. The lowest BCUT2D eigenvalue weighted by Gasteiger charge is -2.18. The zero-order valence-corrected chi connectivity index (χ0v) is 18.6. The first-order valence-electron chi connectivity index (χ1n) is 7.64. The molecular weight excluding hydrogens is 465 g/mol. The highest BCUT2D eigenvalue weighted by Crippen LogP contribution is 2.28. The van der Waals surface area contributed by atoms with E-state index in [0.29, 0.717) is 10.0 Å². The van der Waals surface area contributed by atoms with Crippen molar-refractivity contribution in [3.8, 4) is 0 Å². The van der Waals surface area contributed by atoms with Crippen molar-refractivity contribution in [2.45, 2.75) is 19.9 Å². The third-order valence-corrected chi connectivity index (χ3v) is 3.16. The van der Waals surface area contributed by atoms with Crippen LogP contribution in [0.4, 0.5) is 24.9 Å². The maximum Gasteiger partial charge on any atom is 0.340 e. The number of thiol groups is 2. The van der Waals surface area contributed by atoms with Crippen LogP contribution >= 0.6 is 48.5 Å². The van der Waals surface area contributed by atoms with Crippen molar-refractivity contribution in [3.63, 3.8) is 0 Å². The van der Waals surface area contributed by atoms with E-state index in [0.717, 1.165) is 9.80 Å². The van der Waals surface area contributed by atoms with Gasteiger partial charge in [-0.05, 0) is 32.0 Å². The van der Waals surface area contributed by atoms with E-state index in [4.69, 9.17) is 32.8 Å². The number of anilines is 1. The summed E-state index contributed by atoms with van der Waals surface area (Å²) in [6, 6.07) is 2.88. The molecule has 1 aromatic carbocycles. The molecule has 1 aromatic rings. The van der Waals surface area contributed by atoms with Crippen LogP contribution < -0.4 is 21.7 Å². The van der Waals surface area contributed by atoms with Gasteiger partial charge in [0.05, 0.1) is 5.69 Å². The number of hydrogen-bond donors (Lipinski definition) is 5. The van der Waals surface area contributed by atoms with Crippen LogP contribution in [0.25, 0.3) is 0 Å². The molecule has 160 valence electrons. The van der Waals surface area contributed by atoms with Gasteiger partial charge in [-0.1, -0.05) is 48.5 Å². The number of benzene rings is 1. The SMILES string of the molecule is CC(C)NC(=O)N1CC(=O)N(c2cc(Cl)cc(Cl)c2)C1=O.NC(=O)S.NC(=O)S. The van der Waals surface area contributed by atoms with Crippen LogP contribution in [-0.4, -0.2) is 45.9 Å². The monoisotopic (exact) mass is 483 g/mol. The molecule has 0 saturated carbocycles. The summed E-state index contributed by atoms with van der Waals surface area (Å²) in [6.45, 7) is 3.20. The van der Waals surface area contributed by atoms with Gasteiger partial charge in [-0.3, -0.25) is 14.4 Å². The van der Waals surface area contributed by atoms with Crippen molar-refractivity contribution in [1.29, 1.82) is 0 Å². The van der Waals surface area contributed by atoms with Crippen molar-refractivity contribution < 1.29 is 24.0 Å². The first-order valence-corrected chi connectivity index (χ1v) is 9.29. The first-order chi connectivity index (χ1) is 13.3. The molecular formula is C15H19Cl2N5O5S2. The number of halogens is 2. The molecule has 14 heteroatoms. The predicted octanol–water partition coefficient (Wildman–Crippen LogP) is 2.87. The number of nitrogens with zero attached hydrogens (tertiary/aromatic N) is 2. The quantitative estimate of drug-likeness (QED) is 0.322. The number of hydrogen-bond acceptors (Lipinski definition) is 5. The number of primary amides is 2. The molecule has 1 heterocycles. The largest absolute Gasteiger partial charge is 0.361 e. The van der Waals surface area contributed by atoms with Gasteiger partial charge in [0.25, 0.3) is 16.4 Å². The molecule has 0 bridgehead atoms. The molecule has 1 saturated heterocycles. The minimum atomic E-state index is -0.725. The fraction of sp³-hybridized carbons (Fsp3) is 0.267. The molecule has 5 N–H and O–H groups in total. The summed E-state index contributed by atoms with van der Waals surface area (Å²) < 4.78 is 0. The lowest BCUT2D eigenvalue weighted by Crippen LogP contribution is -2.45. The highest BCUT2D eigenvalue weighted by molar-refractivity contribution is 7.96. The summed E-state index contributed by atoms with van der Waals surface area (Å²) in [5, 5.41) is 1.88. The Balaban J connectivity index is 0.000000837. The van der Waals surface area contributed by atoms with Crippen molar-refractivity contribution in [1.82, 2.24) is 10.2 Å². The Bertz CT molecular complexity index is 769. The zero-order valence-electron chi connectivity index (χ0n) is 15.3. The van der Waals surface area contributed by atoms with E-state index in [1.54, 1.807) is 13.8 Å². The topological polar surface area (TPSA) is 156 Å². The van der Waals surface area contributed by atoms with Crippen LogP contribution in [0.5, 0.6) is 0 Å². The molecule has 7 amide bonds. The van der Waals surface area contributed by atoms with Crippen molar-refractivity contribution >= 4 is 82.6 Å². The standard InChI is InChI=1S/C13H13Cl2N3O3.2CH3NOS/c1-7(2)16-12(20)17-6-11(19)18(13(17)21)10-4-8(14)3-9(15)5-10;2*2-1(3)4/h3-5,7H,6H2,1-2H3,(H,16,20);2*(H3,2,3,4). The molecule has 1 fully saturated rings. The van der Waals surface area contributed by atoms with Gasteiger partial charge in [0.2, 0.25) is 0 Å². The van der Waals surface area contributed by atoms with E-state index in [9.17, 15) is 14.4 Å². The van der Waals surface area contributed by atoms with Crippen molar-refractivity contribution in [2.75, 3.05) is 11.4 Å². The van der Waals surface area contributed by atoms with Gasteiger partial charge in [-0.15, -0.1) is 0 Å². The van der Waals surface area contributed by atoms with Gasteiger partial charge >= 0.3 is 12.1 Å². The molecule has 0 atom stereocenters. The summed E-state index contributed by atoms with van der Waals surface area (Å²) in [6.07, 6.45) is 0. The van der Waals surface area contributed by atoms with Crippen LogP contribution in [0.3, 0.4) is 0 Å². The van der Waals surface area contributed by atoms with E-state index in [1.807, 2.05) is 0 Å². The number of rotatable bonds is 2. The van der Waals surface area contributed by atoms with E-state index in [-0.39, 0.29) is 18.3 Å². The Morgan fingerprint density at radius 2 is 1.45 bits per heavy atom. The van der Waals surface area contributed by atoms with Crippen LogP contribution in [0.15, 0.2) is 18.2 Å². The highest BCUT2D eigenvalue weighted by Gasteiger charge is 2.41. The molecule has 0 aromatic heterocycles. The summed E-state index contributed by atoms with van der Waals surface area (Å²) in [5.41, 5.74) is 8.91. The van der Waals surface area contributed by atoms with Crippen LogP contribution in [0, 0.1) is 0 Å². The summed E-state index contributed by atoms with van der Waals surface area (Å²) in [4.78, 5) is 56.0. The second-order valence-electron chi connectivity index (χ2n) is 5.51. The van der Waals surface area contributed by atoms with Crippen LogP contribution in [0.1, 0.15) is 13.8 Å². The van der Waals surface area contributed by atoms with Crippen LogP contribution in [-0.2, 0) is 4.79 Å². The van der Waals surface area contributed by atoms with Gasteiger partial charge in [-0.2, -0.15) is 0 Å². The van der Waals surface area contributed by atoms with Gasteiger partial charge < -0.3 is 16.8 Å². The third-order valence-electron chi connectivity index (χ3n) is 2.73. The average Bonchev–Trinajstić information content (AvgIpc) is 2.79. The second-order valence-corrected chi connectivity index (χ2v) is 7.26. The van der Waals surface area contributed by atoms with Gasteiger partial charge in [-0.25, -0.2) is 19.4 Å². The number of imide groups is 2. The Morgan fingerprint density at radius 1 is 1.03 bits per heavy atom. The molecule has 0 spiro atoms. The Labute approximate surface area is 187 Å². The number of nitrogens with one attached hydrogen (secondary N) is 1. The maximum atomic E-state index is 12.2. The summed E-state index contributed by atoms with van der Waals surface area (Å²) in [5.74, 6) is -0.516. The first kappa shape index (κ1) is 26.9. The molecule has 0 radical (unpaired) electrons. The number of carbonyl (C=O) groups is 5. The lowest BCUT2D eigenvalue weighted by molar-refractivity contribution is -0.116. The van der Waals surface area contributed by atoms with Gasteiger partial charge in [0.1, 0.15) is 6.54 Å². The smallest absolute Gasteiger partial charge is 0.340 e. The van der Waals surface area contributed by atoms with Gasteiger partial charge in [0, 0.05) is 16.1 Å².